The van der Waals surface area contributed by atoms with E-state index in [-0.39, 0.29) is 0 Å². The van der Waals surface area contributed by atoms with E-state index in [2.05, 4.69) is 19.9 Å². The molecule has 13 heavy (non-hydrogen) atoms. The highest BCUT2D eigenvalue weighted by Crippen LogP contribution is 2.37. The highest BCUT2D eigenvalue weighted by atomic mass is 16.2. The number of nitrogens with zero attached hydrogens (tertiary/aromatic N) is 1. The number of amides is 1. The van der Waals surface area contributed by atoms with Gasteiger partial charge >= 0.3 is 0 Å². The van der Waals surface area contributed by atoms with Crippen molar-refractivity contribution in [3.8, 4) is 0 Å². The zero-order chi connectivity index (χ0) is 9.42. The summed E-state index contributed by atoms with van der Waals surface area (Å²) in [5.41, 5.74) is 0. The first-order valence-electron chi connectivity index (χ1n) is 5.20. The second-order valence-electron chi connectivity index (χ2n) is 4.38. The molecule has 0 N–H and O–H groups in total. The van der Waals surface area contributed by atoms with E-state index >= 15 is 0 Å². The largest absolute Gasteiger partial charge is 0.317 e. The SMILES string of the molecule is CC(C)N1C=CC2CCCC2C1=O. The van der Waals surface area contributed by atoms with Crippen LogP contribution in [0, 0.1) is 11.8 Å². The van der Waals surface area contributed by atoms with Crippen molar-refractivity contribution in [2.45, 2.75) is 39.2 Å². The highest BCUT2D eigenvalue weighted by molar-refractivity contribution is 5.82. The van der Waals surface area contributed by atoms with Gasteiger partial charge in [0.2, 0.25) is 5.91 Å². The summed E-state index contributed by atoms with van der Waals surface area (Å²) in [7, 11) is 0. The molecule has 0 aromatic rings. The Labute approximate surface area is 79.6 Å². The lowest BCUT2D eigenvalue weighted by atomic mass is 9.91. The highest BCUT2D eigenvalue weighted by Gasteiger charge is 2.37. The van der Waals surface area contributed by atoms with Crippen LogP contribution in [0.2, 0.25) is 0 Å². The van der Waals surface area contributed by atoms with Crippen LogP contribution in [0.15, 0.2) is 12.3 Å². The topological polar surface area (TPSA) is 20.3 Å². The Balaban J connectivity index is 2.19. The summed E-state index contributed by atoms with van der Waals surface area (Å²) in [6, 6.07) is 0.310. The Hall–Kier alpha value is -0.790. The Morgan fingerprint density at radius 1 is 1.46 bits per heavy atom. The van der Waals surface area contributed by atoms with Crippen molar-refractivity contribution in [1.82, 2.24) is 4.90 Å². The van der Waals surface area contributed by atoms with E-state index in [1.54, 1.807) is 0 Å². The van der Waals surface area contributed by atoms with E-state index in [0.29, 0.717) is 23.8 Å². The lowest BCUT2D eigenvalue weighted by molar-refractivity contribution is -0.135. The van der Waals surface area contributed by atoms with Gasteiger partial charge in [-0.1, -0.05) is 12.5 Å². The Morgan fingerprint density at radius 2 is 2.23 bits per heavy atom. The summed E-state index contributed by atoms with van der Waals surface area (Å²) >= 11 is 0. The molecule has 0 spiro atoms. The third-order valence-corrected chi connectivity index (χ3v) is 3.19. The summed E-state index contributed by atoms with van der Waals surface area (Å²) < 4.78 is 0. The van der Waals surface area contributed by atoms with Crippen molar-refractivity contribution in [1.29, 1.82) is 0 Å². The van der Waals surface area contributed by atoms with Gasteiger partial charge in [-0.2, -0.15) is 0 Å². The van der Waals surface area contributed by atoms with Crippen molar-refractivity contribution < 1.29 is 4.79 Å². The van der Waals surface area contributed by atoms with Crippen molar-refractivity contribution >= 4 is 5.91 Å². The van der Waals surface area contributed by atoms with Crippen LogP contribution >= 0.6 is 0 Å². The molecule has 0 aromatic carbocycles. The van der Waals surface area contributed by atoms with Gasteiger partial charge in [0.1, 0.15) is 0 Å². The van der Waals surface area contributed by atoms with Crippen LogP contribution in [0.4, 0.5) is 0 Å². The average molecular weight is 179 g/mol. The van der Waals surface area contributed by atoms with E-state index in [4.69, 9.17) is 0 Å². The number of allylic oxidation sites excluding steroid dienone is 1. The minimum Gasteiger partial charge on any atom is -0.317 e. The number of carbonyl (C=O) groups is 1. The number of fused-ring (bicyclic) bond motifs is 1. The molecule has 2 nitrogen and oxygen atoms in total. The predicted molar refractivity (Wildman–Crippen MR) is 52.0 cm³/mol. The van der Waals surface area contributed by atoms with Gasteiger partial charge in [-0.25, -0.2) is 0 Å². The summed E-state index contributed by atoms with van der Waals surface area (Å²) in [5.74, 6) is 1.19. The molecule has 2 atom stereocenters. The van der Waals surface area contributed by atoms with Gasteiger partial charge in [-0.15, -0.1) is 0 Å². The van der Waals surface area contributed by atoms with Crippen molar-refractivity contribution in [3.63, 3.8) is 0 Å². The molecule has 1 amide bonds. The second kappa shape index (κ2) is 3.17. The smallest absolute Gasteiger partial charge is 0.230 e. The zero-order valence-corrected chi connectivity index (χ0v) is 8.36. The van der Waals surface area contributed by atoms with Crippen LogP contribution in [-0.4, -0.2) is 16.8 Å². The summed E-state index contributed by atoms with van der Waals surface area (Å²) in [4.78, 5) is 13.8. The maximum absolute atomic E-state index is 11.9. The molecule has 2 aliphatic rings. The fraction of sp³-hybridized carbons (Fsp3) is 0.727. The lowest BCUT2D eigenvalue weighted by Crippen LogP contribution is -2.40. The first-order valence-corrected chi connectivity index (χ1v) is 5.20. The van der Waals surface area contributed by atoms with Crippen LogP contribution in [0.1, 0.15) is 33.1 Å². The molecule has 2 rings (SSSR count). The molecule has 1 saturated carbocycles. The molecule has 1 aliphatic carbocycles. The fourth-order valence-electron chi connectivity index (χ4n) is 2.42. The third kappa shape index (κ3) is 1.38. The number of hydrogen-bond acceptors (Lipinski definition) is 1. The van der Waals surface area contributed by atoms with Gasteiger partial charge in [0.25, 0.3) is 0 Å². The van der Waals surface area contributed by atoms with Gasteiger partial charge in [-0.3, -0.25) is 4.79 Å². The molecule has 2 unspecified atom stereocenters. The normalized spacial score (nSPS) is 32.8. The van der Waals surface area contributed by atoms with Crippen LogP contribution in [0.3, 0.4) is 0 Å². The molecule has 0 aromatic heterocycles. The van der Waals surface area contributed by atoms with Crippen molar-refractivity contribution in [2.75, 3.05) is 0 Å². The van der Waals surface area contributed by atoms with Crippen LogP contribution in [0.25, 0.3) is 0 Å². The van der Waals surface area contributed by atoms with E-state index in [9.17, 15) is 4.79 Å². The van der Waals surface area contributed by atoms with Gasteiger partial charge in [0.05, 0.1) is 0 Å². The second-order valence-corrected chi connectivity index (χ2v) is 4.38. The maximum Gasteiger partial charge on any atom is 0.230 e. The molecule has 1 fully saturated rings. The van der Waals surface area contributed by atoms with Crippen LogP contribution in [-0.2, 0) is 4.79 Å². The number of hydrogen-bond donors (Lipinski definition) is 0. The monoisotopic (exact) mass is 179 g/mol. The van der Waals surface area contributed by atoms with Crippen molar-refractivity contribution in [2.24, 2.45) is 11.8 Å². The van der Waals surface area contributed by atoms with Crippen LogP contribution < -0.4 is 0 Å². The predicted octanol–water partition coefficient (Wildman–Crippen LogP) is 2.17. The first-order chi connectivity index (χ1) is 6.20. The standard InChI is InChI=1S/C11H17NO/c1-8(2)12-7-6-9-4-3-5-10(9)11(12)13/h6-10H,3-5H2,1-2H3. The molecule has 0 saturated heterocycles. The van der Waals surface area contributed by atoms with Gasteiger partial charge < -0.3 is 4.90 Å². The molecule has 2 heteroatoms. The Kier molecular flexibility index (Phi) is 2.14. The average Bonchev–Trinajstić information content (AvgIpc) is 2.52. The lowest BCUT2D eigenvalue weighted by Gasteiger charge is -2.31. The Bertz CT molecular complexity index is 244. The van der Waals surface area contributed by atoms with E-state index in [1.165, 1.54) is 12.8 Å². The third-order valence-electron chi connectivity index (χ3n) is 3.19. The van der Waals surface area contributed by atoms with Crippen molar-refractivity contribution in [3.05, 3.63) is 12.3 Å². The molecule has 72 valence electrons. The molecule has 1 aliphatic heterocycles. The maximum atomic E-state index is 11.9. The van der Waals surface area contributed by atoms with Gasteiger partial charge in [-0.05, 0) is 32.6 Å². The first kappa shape index (κ1) is 8.79. The number of carbonyl (C=O) groups excluding carboxylic acids is 1. The summed E-state index contributed by atoms with van der Waals surface area (Å²) in [6.45, 7) is 4.13. The minimum atomic E-state index is 0.299. The van der Waals surface area contributed by atoms with E-state index in [0.717, 1.165) is 6.42 Å². The number of rotatable bonds is 1. The Morgan fingerprint density at radius 3 is 2.92 bits per heavy atom. The molecular formula is C11H17NO. The van der Waals surface area contributed by atoms with E-state index in [1.807, 2.05) is 11.1 Å². The molecule has 0 radical (unpaired) electrons. The van der Waals surface area contributed by atoms with Crippen LogP contribution in [0.5, 0.6) is 0 Å². The summed E-state index contributed by atoms with van der Waals surface area (Å²) in [5, 5.41) is 0. The molecule has 0 bridgehead atoms. The molecular weight excluding hydrogens is 162 g/mol. The molecule has 1 heterocycles. The van der Waals surface area contributed by atoms with Gasteiger partial charge in [0.15, 0.2) is 0 Å². The summed E-state index contributed by atoms with van der Waals surface area (Å²) in [6.07, 6.45) is 7.73. The quantitative estimate of drug-likeness (QED) is 0.604. The fourth-order valence-corrected chi connectivity index (χ4v) is 2.42. The van der Waals surface area contributed by atoms with Gasteiger partial charge in [0, 0.05) is 18.2 Å². The van der Waals surface area contributed by atoms with E-state index < -0.39 is 0 Å². The zero-order valence-electron chi connectivity index (χ0n) is 8.36. The minimum absolute atomic E-state index is 0.299.